The van der Waals surface area contributed by atoms with E-state index < -0.39 is 17.2 Å². The van der Waals surface area contributed by atoms with E-state index in [0.717, 1.165) is 11.3 Å². The number of hydrogen-bond acceptors (Lipinski definition) is 3. The summed E-state index contributed by atoms with van der Waals surface area (Å²) in [7, 11) is 0. The highest BCUT2D eigenvalue weighted by atomic mass is 19.1. The molecule has 0 spiro atoms. The van der Waals surface area contributed by atoms with Gasteiger partial charge in [-0.3, -0.25) is 0 Å². The molecule has 3 nitrogen and oxygen atoms in total. The van der Waals surface area contributed by atoms with Crippen molar-refractivity contribution in [3.63, 3.8) is 0 Å². The lowest BCUT2D eigenvalue weighted by atomic mass is 9.96. The Morgan fingerprint density at radius 1 is 1.12 bits per heavy atom. The number of benzene rings is 2. The number of hydrogen-bond donors (Lipinski definition) is 0. The first-order valence-electron chi connectivity index (χ1n) is 7.80. The van der Waals surface area contributed by atoms with Crippen LogP contribution >= 0.6 is 0 Å². The number of halogens is 2. The molecule has 0 saturated heterocycles. The number of oxime groups is 1. The van der Waals surface area contributed by atoms with Gasteiger partial charge >= 0.3 is 0 Å². The zero-order valence-corrected chi connectivity index (χ0v) is 13.7. The smallest absolute Gasteiger partial charge is 0.163 e. The van der Waals surface area contributed by atoms with Crippen molar-refractivity contribution < 1.29 is 18.4 Å². The third kappa shape index (κ3) is 3.62. The van der Waals surface area contributed by atoms with Crippen LogP contribution in [0.4, 0.5) is 8.78 Å². The van der Waals surface area contributed by atoms with Gasteiger partial charge in [-0.2, -0.15) is 0 Å². The van der Waals surface area contributed by atoms with Crippen molar-refractivity contribution in [3.8, 4) is 0 Å². The summed E-state index contributed by atoms with van der Waals surface area (Å²) in [6, 6.07) is 11.8. The summed E-state index contributed by atoms with van der Waals surface area (Å²) in [5, 5.41) is 4.14. The summed E-state index contributed by atoms with van der Waals surface area (Å²) in [4.78, 5) is 5.51. The molecule has 1 heterocycles. The van der Waals surface area contributed by atoms with Crippen molar-refractivity contribution in [1.82, 2.24) is 0 Å². The topological polar surface area (TPSA) is 30.8 Å². The Bertz CT molecular complexity index is 738. The van der Waals surface area contributed by atoms with Gasteiger partial charge < -0.3 is 9.57 Å². The molecule has 0 amide bonds. The van der Waals surface area contributed by atoms with E-state index in [1.807, 2.05) is 38.1 Å². The predicted molar refractivity (Wildman–Crippen MR) is 87.8 cm³/mol. The third-order valence-corrected chi connectivity index (χ3v) is 4.02. The van der Waals surface area contributed by atoms with Gasteiger partial charge in [0.2, 0.25) is 0 Å². The average molecular weight is 331 g/mol. The van der Waals surface area contributed by atoms with Crippen LogP contribution in [-0.4, -0.2) is 17.9 Å². The highest BCUT2D eigenvalue weighted by Crippen LogP contribution is 2.27. The first-order valence-corrected chi connectivity index (χ1v) is 7.80. The van der Waals surface area contributed by atoms with E-state index in [1.165, 1.54) is 23.8 Å². The minimum absolute atomic E-state index is 0.0706. The summed E-state index contributed by atoms with van der Waals surface area (Å²) >= 11 is 0. The molecule has 126 valence electrons. The molecule has 0 saturated carbocycles. The van der Waals surface area contributed by atoms with Crippen LogP contribution in [0.5, 0.6) is 0 Å². The van der Waals surface area contributed by atoms with Crippen LogP contribution in [0.3, 0.4) is 0 Å². The Kier molecular flexibility index (Phi) is 4.62. The Morgan fingerprint density at radius 3 is 2.46 bits per heavy atom. The van der Waals surface area contributed by atoms with E-state index in [4.69, 9.17) is 9.57 Å². The molecule has 1 aliphatic rings. The Hall–Kier alpha value is -2.27. The van der Waals surface area contributed by atoms with Crippen LogP contribution in [0.1, 0.15) is 30.0 Å². The average Bonchev–Trinajstić information content (AvgIpc) is 2.94. The van der Waals surface area contributed by atoms with Crippen molar-refractivity contribution in [2.24, 2.45) is 5.16 Å². The summed E-state index contributed by atoms with van der Waals surface area (Å²) < 4.78 is 32.7. The molecule has 24 heavy (non-hydrogen) atoms. The van der Waals surface area contributed by atoms with Gasteiger partial charge in [0.25, 0.3) is 0 Å². The fourth-order valence-electron chi connectivity index (χ4n) is 2.60. The molecule has 0 radical (unpaired) electrons. The molecule has 2 aromatic carbocycles. The van der Waals surface area contributed by atoms with Gasteiger partial charge in [0.05, 0.1) is 18.9 Å². The van der Waals surface area contributed by atoms with E-state index >= 15 is 0 Å². The largest absolute Gasteiger partial charge is 0.386 e. The van der Waals surface area contributed by atoms with Crippen LogP contribution in [0.2, 0.25) is 0 Å². The molecule has 1 atom stereocenters. The van der Waals surface area contributed by atoms with Gasteiger partial charge in [0, 0.05) is 12.0 Å². The van der Waals surface area contributed by atoms with E-state index in [-0.39, 0.29) is 18.8 Å². The molecule has 3 rings (SSSR count). The van der Waals surface area contributed by atoms with Crippen molar-refractivity contribution in [2.45, 2.75) is 32.5 Å². The predicted octanol–water partition coefficient (Wildman–Crippen LogP) is 4.37. The maximum Gasteiger partial charge on any atom is 0.163 e. The van der Waals surface area contributed by atoms with Gasteiger partial charge in [-0.25, -0.2) is 8.78 Å². The summed E-state index contributed by atoms with van der Waals surface area (Å²) in [5.74, 6) is -1.21. The minimum Gasteiger partial charge on any atom is -0.386 e. The fraction of sp³-hybridized carbons (Fsp3) is 0.316. The maximum absolute atomic E-state index is 13.6. The second-order valence-corrected chi connectivity index (χ2v) is 6.31. The lowest BCUT2D eigenvalue weighted by molar-refractivity contribution is -0.0716. The van der Waals surface area contributed by atoms with Crippen LogP contribution in [0, 0.1) is 18.6 Å². The second kappa shape index (κ2) is 6.69. The SMILES string of the molecule is Cc1ccc(C2=NOC(C)(COCc3c(F)cccc3F)C2)cc1. The summed E-state index contributed by atoms with van der Waals surface area (Å²) in [6.45, 7) is 3.95. The van der Waals surface area contributed by atoms with Crippen molar-refractivity contribution in [2.75, 3.05) is 6.61 Å². The Labute approximate surface area is 139 Å². The van der Waals surface area contributed by atoms with Gasteiger partial charge in [-0.05, 0) is 31.5 Å². The molecule has 1 unspecified atom stereocenters. The van der Waals surface area contributed by atoms with Crippen molar-refractivity contribution in [3.05, 3.63) is 70.8 Å². The molecule has 0 N–H and O–H groups in total. The highest BCUT2D eigenvalue weighted by Gasteiger charge is 2.35. The molecular formula is C19H19F2NO2. The first kappa shape index (κ1) is 16.6. The van der Waals surface area contributed by atoms with Crippen LogP contribution < -0.4 is 0 Å². The molecule has 0 bridgehead atoms. The number of nitrogens with zero attached hydrogens (tertiary/aromatic N) is 1. The van der Waals surface area contributed by atoms with E-state index in [1.54, 1.807) is 0 Å². The highest BCUT2D eigenvalue weighted by molar-refractivity contribution is 6.01. The van der Waals surface area contributed by atoms with Gasteiger partial charge in [0.15, 0.2) is 5.60 Å². The zero-order valence-electron chi connectivity index (χ0n) is 13.7. The first-order chi connectivity index (χ1) is 11.5. The Balaban J connectivity index is 1.58. The molecule has 1 aliphatic heterocycles. The number of ether oxygens (including phenoxy) is 1. The van der Waals surface area contributed by atoms with E-state index in [0.29, 0.717) is 6.42 Å². The third-order valence-electron chi connectivity index (χ3n) is 4.02. The van der Waals surface area contributed by atoms with Crippen LogP contribution in [0.25, 0.3) is 0 Å². The molecule has 0 aromatic heterocycles. The standard InChI is InChI=1S/C19H19F2NO2/c1-13-6-8-14(9-7-13)18-10-19(2,24-22-18)12-23-11-15-16(20)4-3-5-17(15)21/h3-9H,10-12H2,1-2H3. The number of rotatable bonds is 5. The lowest BCUT2D eigenvalue weighted by Crippen LogP contribution is -2.31. The van der Waals surface area contributed by atoms with E-state index in [9.17, 15) is 8.78 Å². The van der Waals surface area contributed by atoms with E-state index in [2.05, 4.69) is 5.16 Å². The molecule has 0 fully saturated rings. The quantitative estimate of drug-likeness (QED) is 0.814. The van der Waals surface area contributed by atoms with Crippen molar-refractivity contribution >= 4 is 5.71 Å². The van der Waals surface area contributed by atoms with Crippen LogP contribution in [-0.2, 0) is 16.2 Å². The normalized spacial score (nSPS) is 19.9. The lowest BCUT2D eigenvalue weighted by Gasteiger charge is -2.21. The maximum atomic E-state index is 13.6. The fourth-order valence-corrected chi connectivity index (χ4v) is 2.60. The zero-order chi connectivity index (χ0) is 17.2. The second-order valence-electron chi connectivity index (χ2n) is 6.31. The molecule has 5 heteroatoms. The van der Waals surface area contributed by atoms with Gasteiger partial charge in [0.1, 0.15) is 11.6 Å². The molecule has 2 aromatic rings. The number of aryl methyl sites for hydroxylation is 1. The molecular weight excluding hydrogens is 312 g/mol. The summed E-state index contributed by atoms with van der Waals surface area (Å²) in [6.07, 6.45) is 0.579. The monoisotopic (exact) mass is 331 g/mol. The minimum atomic E-state index is -0.637. The summed E-state index contributed by atoms with van der Waals surface area (Å²) in [5.41, 5.74) is 2.32. The Morgan fingerprint density at radius 2 is 1.79 bits per heavy atom. The van der Waals surface area contributed by atoms with Gasteiger partial charge in [-0.15, -0.1) is 0 Å². The molecule has 0 aliphatic carbocycles. The van der Waals surface area contributed by atoms with Crippen LogP contribution in [0.15, 0.2) is 47.6 Å². The van der Waals surface area contributed by atoms with Gasteiger partial charge in [-0.1, -0.05) is 41.1 Å². The van der Waals surface area contributed by atoms with Crippen molar-refractivity contribution in [1.29, 1.82) is 0 Å².